The molecule has 1 saturated heterocycles. The molecule has 0 amide bonds. The van der Waals surface area contributed by atoms with Crippen LogP contribution in [0.2, 0.25) is 0 Å². The lowest BCUT2D eigenvalue weighted by molar-refractivity contribution is 0.200. The maximum absolute atomic E-state index is 5.19. The van der Waals surface area contributed by atoms with Gasteiger partial charge in [0, 0.05) is 31.6 Å². The van der Waals surface area contributed by atoms with Gasteiger partial charge in [-0.3, -0.25) is 9.80 Å². The van der Waals surface area contributed by atoms with Crippen molar-refractivity contribution in [2.45, 2.75) is 57.7 Å². The van der Waals surface area contributed by atoms with E-state index in [0.29, 0.717) is 12.1 Å². The van der Waals surface area contributed by atoms with E-state index in [2.05, 4.69) is 39.1 Å². The third-order valence-corrected chi connectivity index (χ3v) is 4.72. The number of hydrogen-bond donors (Lipinski definition) is 0. The Morgan fingerprint density at radius 1 is 1.43 bits per heavy atom. The summed E-state index contributed by atoms with van der Waals surface area (Å²) in [4.78, 5) is 9.41. The van der Waals surface area contributed by atoms with E-state index in [0.717, 1.165) is 31.2 Å². The van der Waals surface area contributed by atoms with E-state index >= 15 is 0 Å². The standard InChI is InChI=1S/C16H26N4O/c1-3-16-17-15(18-21-16)12-19(2)14-9-10-20(11-14)13-7-5-4-6-8-13/h5,7,13-14H,3-4,6,8-12H2,1-2H3/t13-,14+/m0/s1. The second-order valence-corrected chi connectivity index (χ2v) is 6.24. The number of allylic oxidation sites excluding steroid dienone is 1. The minimum absolute atomic E-state index is 0.601. The molecule has 2 heterocycles. The van der Waals surface area contributed by atoms with Gasteiger partial charge in [-0.1, -0.05) is 24.2 Å². The van der Waals surface area contributed by atoms with Crippen LogP contribution in [0, 0.1) is 0 Å². The van der Waals surface area contributed by atoms with E-state index in [1.807, 2.05) is 6.92 Å². The van der Waals surface area contributed by atoms with Crippen LogP contribution in [0.3, 0.4) is 0 Å². The lowest BCUT2D eigenvalue weighted by Gasteiger charge is -2.29. The minimum atomic E-state index is 0.601. The van der Waals surface area contributed by atoms with Crippen molar-refractivity contribution in [2.75, 3.05) is 20.1 Å². The summed E-state index contributed by atoms with van der Waals surface area (Å²) >= 11 is 0. The maximum Gasteiger partial charge on any atom is 0.226 e. The van der Waals surface area contributed by atoms with Gasteiger partial charge in [0.2, 0.25) is 5.89 Å². The van der Waals surface area contributed by atoms with Gasteiger partial charge in [0.1, 0.15) is 0 Å². The van der Waals surface area contributed by atoms with E-state index in [9.17, 15) is 0 Å². The molecule has 3 rings (SSSR count). The van der Waals surface area contributed by atoms with Crippen LogP contribution in [0.1, 0.15) is 44.3 Å². The molecule has 1 aromatic rings. The van der Waals surface area contributed by atoms with E-state index in [4.69, 9.17) is 4.52 Å². The Labute approximate surface area is 127 Å². The highest BCUT2D eigenvalue weighted by Gasteiger charge is 2.30. The van der Waals surface area contributed by atoms with Gasteiger partial charge >= 0.3 is 0 Å². The number of aromatic nitrogens is 2. The highest BCUT2D eigenvalue weighted by atomic mass is 16.5. The molecular weight excluding hydrogens is 264 g/mol. The molecule has 1 fully saturated rings. The second-order valence-electron chi connectivity index (χ2n) is 6.24. The average molecular weight is 290 g/mol. The molecule has 0 aromatic carbocycles. The number of hydrogen-bond acceptors (Lipinski definition) is 5. The zero-order valence-electron chi connectivity index (χ0n) is 13.2. The normalized spacial score (nSPS) is 26.8. The van der Waals surface area contributed by atoms with Crippen molar-refractivity contribution >= 4 is 0 Å². The lowest BCUT2D eigenvalue weighted by atomic mass is 10.0. The second kappa shape index (κ2) is 6.71. The third kappa shape index (κ3) is 3.52. The molecule has 5 heteroatoms. The highest BCUT2D eigenvalue weighted by molar-refractivity contribution is 5.01. The molecule has 0 radical (unpaired) electrons. The van der Waals surface area contributed by atoms with Crippen molar-refractivity contribution in [3.63, 3.8) is 0 Å². The first-order valence-corrected chi connectivity index (χ1v) is 8.18. The Bertz CT molecular complexity index is 484. The Morgan fingerprint density at radius 3 is 3.05 bits per heavy atom. The molecule has 2 aliphatic rings. The van der Waals surface area contributed by atoms with E-state index in [1.165, 1.54) is 32.2 Å². The largest absolute Gasteiger partial charge is 0.339 e. The SMILES string of the molecule is CCc1nc(CN(C)[C@@H]2CCN([C@H]3C=CCCC3)C2)no1. The number of nitrogens with zero attached hydrogens (tertiary/aromatic N) is 4. The summed E-state index contributed by atoms with van der Waals surface area (Å²) in [5, 5.41) is 4.05. The van der Waals surface area contributed by atoms with Gasteiger partial charge in [-0.25, -0.2) is 0 Å². The van der Waals surface area contributed by atoms with Crippen LogP contribution in [0.25, 0.3) is 0 Å². The van der Waals surface area contributed by atoms with Crippen LogP contribution in [0.15, 0.2) is 16.7 Å². The van der Waals surface area contributed by atoms with Gasteiger partial charge in [0.25, 0.3) is 0 Å². The van der Waals surface area contributed by atoms with E-state index in [-0.39, 0.29) is 0 Å². The fourth-order valence-electron chi connectivity index (χ4n) is 3.38. The van der Waals surface area contributed by atoms with Gasteiger partial charge in [-0.05, 0) is 32.7 Å². The summed E-state index contributed by atoms with van der Waals surface area (Å²) in [6.07, 6.45) is 10.7. The lowest BCUT2D eigenvalue weighted by Crippen LogP contribution is -2.38. The number of rotatable bonds is 5. The fraction of sp³-hybridized carbons (Fsp3) is 0.750. The average Bonchev–Trinajstić information content (AvgIpc) is 3.17. The maximum atomic E-state index is 5.19. The molecule has 1 aromatic heterocycles. The van der Waals surface area contributed by atoms with Crippen LogP contribution >= 0.6 is 0 Å². The minimum Gasteiger partial charge on any atom is -0.339 e. The molecule has 21 heavy (non-hydrogen) atoms. The van der Waals surface area contributed by atoms with Crippen LogP contribution in [0.4, 0.5) is 0 Å². The predicted octanol–water partition coefficient (Wildman–Crippen LogP) is 2.25. The van der Waals surface area contributed by atoms with Crippen molar-refractivity contribution in [2.24, 2.45) is 0 Å². The molecule has 0 unspecified atom stereocenters. The molecule has 1 aliphatic carbocycles. The van der Waals surface area contributed by atoms with Crippen LogP contribution in [-0.4, -0.2) is 52.2 Å². The zero-order valence-corrected chi connectivity index (χ0v) is 13.2. The number of likely N-dealkylation sites (tertiary alicyclic amines) is 1. The van der Waals surface area contributed by atoms with Crippen molar-refractivity contribution in [1.29, 1.82) is 0 Å². The predicted molar refractivity (Wildman–Crippen MR) is 81.9 cm³/mol. The Balaban J connectivity index is 1.52. The van der Waals surface area contributed by atoms with Gasteiger partial charge < -0.3 is 4.52 Å². The molecule has 0 N–H and O–H groups in total. The summed E-state index contributed by atoms with van der Waals surface area (Å²) in [7, 11) is 2.17. The highest BCUT2D eigenvalue weighted by Crippen LogP contribution is 2.23. The van der Waals surface area contributed by atoms with Crippen molar-refractivity contribution < 1.29 is 4.52 Å². The first-order valence-electron chi connectivity index (χ1n) is 8.18. The van der Waals surface area contributed by atoms with Gasteiger partial charge in [-0.15, -0.1) is 0 Å². The molecule has 1 aliphatic heterocycles. The summed E-state index contributed by atoms with van der Waals surface area (Å²) in [6, 6.07) is 1.26. The molecule has 0 bridgehead atoms. The molecule has 116 valence electrons. The van der Waals surface area contributed by atoms with Crippen molar-refractivity contribution in [3.8, 4) is 0 Å². The Kier molecular flexibility index (Phi) is 4.70. The third-order valence-electron chi connectivity index (χ3n) is 4.72. The first kappa shape index (κ1) is 14.7. The summed E-state index contributed by atoms with van der Waals surface area (Å²) in [5.74, 6) is 1.55. The van der Waals surface area contributed by atoms with Gasteiger partial charge in [0.15, 0.2) is 5.82 Å². The van der Waals surface area contributed by atoms with E-state index in [1.54, 1.807) is 0 Å². The Morgan fingerprint density at radius 2 is 2.33 bits per heavy atom. The summed E-state index contributed by atoms with van der Waals surface area (Å²) < 4.78 is 5.19. The smallest absolute Gasteiger partial charge is 0.226 e. The zero-order chi connectivity index (χ0) is 14.7. The topological polar surface area (TPSA) is 45.4 Å². The molecular formula is C16H26N4O. The van der Waals surface area contributed by atoms with Crippen molar-refractivity contribution in [1.82, 2.24) is 19.9 Å². The van der Waals surface area contributed by atoms with Crippen LogP contribution < -0.4 is 0 Å². The fourth-order valence-corrected chi connectivity index (χ4v) is 3.38. The van der Waals surface area contributed by atoms with Gasteiger partial charge in [0.05, 0.1) is 6.54 Å². The van der Waals surface area contributed by atoms with E-state index < -0.39 is 0 Å². The molecule has 5 nitrogen and oxygen atoms in total. The quantitative estimate of drug-likeness (QED) is 0.778. The number of likely N-dealkylation sites (N-methyl/N-ethyl adjacent to an activating group) is 1. The molecule has 0 saturated carbocycles. The van der Waals surface area contributed by atoms with Crippen molar-refractivity contribution in [3.05, 3.63) is 23.9 Å². The molecule has 2 atom stereocenters. The Hall–Kier alpha value is -1.20. The van der Waals surface area contributed by atoms with Gasteiger partial charge in [-0.2, -0.15) is 4.98 Å². The number of aryl methyl sites for hydroxylation is 1. The first-order chi connectivity index (χ1) is 10.3. The van der Waals surface area contributed by atoms with Crippen LogP contribution in [-0.2, 0) is 13.0 Å². The van der Waals surface area contributed by atoms with Crippen LogP contribution in [0.5, 0.6) is 0 Å². The summed E-state index contributed by atoms with van der Waals surface area (Å²) in [6.45, 7) is 5.18. The monoisotopic (exact) mass is 290 g/mol. The molecule has 0 spiro atoms. The summed E-state index contributed by atoms with van der Waals surface area (Å²) in [5.41, 5.74) is 0.